The summed E-state index contributed by atoms with van der Waals surface area (Å²) >= 11 is 0. The molecule has 1 fully saturated rings. The quantitative estimate of drug-likeness (QED) is 0.624. The summed E-state index contributed by atoms with van der Waals surface area (Å²) in [7, 11) is -3.46. The second-order valence-electron chi connectivity index (χ2n) is 4.92. The number of ether oxygens (including phenoxy) is 1. The Bertz CT molecular complexity index is 361. The molecule has 110 valence electrons. The van der Waals surface area contributed by atoms with Crippen LogP contribution >= 0.6 is 8.03 Å². The van der Waals surface area contributed by atoms with Gasteiger partial charge in [0.05, 0.1) is 12.5 Å². The molecule has 0 aromatic rings. The molecule has 0 radical (unpaired) electrons. The predicted molar refractivity (Wildman–Crippen MR) is 66.6 cm³/mol. The summed E-state index contributed by atoms with van der Waals surface area (Å²) in [5.74, 6) is -3.67. The van der Waals surface area contributed by atoms with Crippen LogP contribution in [0.5, 0.6) is 0 Å². The first kappa shape index (κ1) is 16.1. The molecule has 7 nitrogen and oxygen atoms in total. The number of carbonyl (C=O) groups is 2. The standard InChI is InChI=1S/C11H19O7P/c1-11(10(14)15,19(16)17)7(6-9(12)13)8-4-2-3-5-18-8/h7-8,19H,2-6H2,1H3,(H,12,13)(H,14,15)(H,16,17). The molecule has 19 heavy (non-hydrogen) atoms. The number of rotatable bonds is 6. The fourth-order valence-corrected chi connectivity index (χ4v) is 3.18. The van der Waals surface area contributed by atoms with Crippen molar-refractivity contribution in [3.8, 4) is 0 Å². The largest absolute Gasteiger partial charge is 0.481 e. The van der Waals surface area contributed by atoms with Gasteiger partial charge in [-0.1, -0.05) is 0 Å². The number of carboxylic acids is 2. The molecule has 3 N–H and O–H groups in total. The van der Waals surface area contributed by atoms with Crippen molar-refractivity contribution in [2.24, 2.45) is 5.92 Å². The third-order valence-electron chi connectivity index (χ3n) is 3.69. The molecule has 0 amide bonds. The molecule has 1 saturated heterocycles. The van der Waals surface area contributed by atoms with E-state index in [1.807, 2.05) is 0 Å². The molecule has 0 spiro atoms. The first-order chi connectivity index (χ1) is 8.80. The average Bonchev–Trinajstić information content (AvgIpc) is 2.35. The van der Waals surface area contributed by atoms with E-state index >= 15 is 0 Å². The van der Waals surface area contributed by atoms with Gasteiger partial charge >= 0.3 is 11.9 Å². The Morgan fingerprint density at radius 3 is 2.42 bits per heavy atom. The van der Waals surface area contributed by atoms with E-state index in [0.717, 1.165) is 19.8 Å². The maximum Gasteiger partial charge on any atom is 0.319 e. The molecule has 1 rings (SSSR count). The zero-order valence-corrected chi connectivity index (χ0v) is 11.7. The van der Waals surface area contributed by atoms with Crippen LogP contribution in [-0.2, 0) is 18.9 Å². The third-order valence-corrected chi connectivity index (χ3v) is 5.16. The summed E-state index contributed by atoms with van der Waals surface area (Å²) in [6.07, 6.45) is 1.03. The highest BCUT2D eigenvalue weighted by Gasteiger charge is 2.51. The Labute approximate surface area is 111 Å². The van der Waals surface area contributed by atoms with E-state index in [2.05, 4.69) is 0 Å². The molecular formula is C11H19O7P. The lowest BCUT2D eigenvalue weighted by Crippen LogP contribution is -2.48. The predicted octanol–water partition coefficient (Wildman–Crippen LogP) is 0.957. The summed E-state index contributed by atoms with van der Waals surface area (Å²) in [5.41, 5.74) is 0. The third kappa shape index (κ3) is 3.55. The second kappa shape index (κ2) is 6.50. The lowest BCUT2D eigenvalue weighted by molar-refractivity contribution is -0.148. The minimum atomic E-state index is -3.46. The van der Waals surface area contributed by atoms with E-state index in [1.54, 1.807) is 0 Å². The van der Waals surface area contributed by atoms with Gasteiger partial charge in [0, 0.05) is 12.5 Å². The number of carboxylic acid groups (broad SMARTS) is 2. The van der Waals surface area contributed by atoms with Crippen LogP contribution in [0.25, 0.3) is 0 Å². The first-order valence-corrected chi connectivity index (χ1v) is 7.46. The molecule has 0 aromatic heterocycles. The average molecular weight is 294 g/mol. The molecule has 0 saturated carbocycles. The molecular weight excluding hydrogens is 275 g/mol. The monoisotopic (exact) mass is 294 g/mol. The van der Waals surface area contributed by atoms with Gasteiger partial charge in [-0.2, -0.15) is 0 Å². The van der Waals surface area contributed by atoms with Crippen LogP contribution in [0.4, 0.5) is 0 Å². The summed E-state index contributed by atoms with van der Waals surface area (Å²) < 4.78 is 16.9. The van der Waals surface area contributed by atoms with Crippen molar-refractivity contribution in [1.29, 1.82) is 0 Å². The minimum Gasteiger partial charge on any atom is -0.481 e. The molecule has 8 heteroatoms. The van der Waals surface area contributed by atoms with Gasteiger partial charge in [0.1, 0.15) is 5.16 Å². The van der Waals surface area contributed by atoms with Crippen molar-refractivity contribution >= 4 is 20.0 Å². The van der Waals surface area contributed by atoms with Crippen molar-refractivity contribution in [3.63, 3.8) is 0 Å². The number of hydrogen-bond acceptors (Lipinski definition) is 4. The van der Waals surface area contributed by atoms with Gasteiger partial charge in [-0.3, -0.25) is 14.2 Å². The van der Waals surface area contributed by atoms with Crippen molar-refractivity contribution in [1.82, 2.24) is 0 Å². The van der Waals surface area contributed by atoms with Gasteiger partial charge in [-0.25, -0.2) is 0 Å². The summed E-state index contributed by atoms with van der Waals surface area (Å²) in [6, 6.07) is 0. The molecule has 0 aromatic carbocycles. The minimum absolute atomic E-state index is 0.419. The zero-order chi connectivity index (χ0) is 14.6. The maximum atomic E-state index is 11.5. The van der Waals surface area contributed by atoms with E-state index in [-0.39, 0.29) is 0 Å². The topological polar surface area (TPSA) is 121 Å². The lowest BCUT2D eigenvalue weighted by Gasteiger charge is -2.37. The van der Waals surface area contributed by atoms with E-state index in [4.69, 9.17) is 9.84 Å². The molecule has 4 atom stereocenters. The SMILES string of the molecule is CC(C(=O)O)(C(CC(=O)O)C1CCCCO1)[PH](=O)O. The highest BCUT2D eigenvalue weighted by Crippen LogP contribution is 2.46. The summed E-state index contributed by atoms with van der Waals surface area (Å²) in [6.45, 7) is 1.55. The van der Waals surface area contributed by atoms with Crippen LogP contribution in [0.3, 0.4) is 0 Å². The fourth-order valence-electron chi connectivity index (χ4n) is 2.39. The Kier molecular flexibility index (Phi) is 5.52. The van der Waals surface area contributed by atoms with Gasteiger partial charge in [0.25, 0.3) is 0 Å². The van der Waals surface area contributed by atoms with Gasteiger partial charge < -0.3 is 19.8 Å². The van der Waals surface area contributed by atoms with Crippen molar-refractivity contribution in [2.75, 3.05) is 6.61 Å². The van der Waals surface area contributed by atoms with Crippen LogP contribution < -0.4 is 0 Å². The lowest BCUT2D eigenvalue weighted by atomic mass is 9.82. The van der Waals surface area contributed by atoms with Crippen LogP contribution in [-0.4, -0.2) is 44.9 Å². The Morgan fingerprint density at radius 1 is 1.42 bits per heavy atom. The van der Waals surface area contributed by atoms with Crippen LogP contribution in [0, 0.1) is 5.92 Å². The summed E-state index contributed by atoms with van der Waals surface area (Å²) in [4.78, 5) is 31.6. The Morgan fingerprint density at radius 2 is 2.05 bits per heavy atom. The van der Waals surface area contributed by atoms with E-state index < -0.39 is 43.6 Å². The van der Waals surface area contributed by atoms with Crippen molar-refractivity contribution in [2.45, 2.75) is 43.9 Å². The fraction of sp³-hybridized carbons (Fsp3) is 0.818. The molecule has 4 unspecified atom stereocenters. The Balaban J connectivity index is 3.08. The van der Waals surface area contributed by atoms with Gasteiger partial charge in [-0.05, 0) is 26.2 Å². The highest BCUT2D eigenvalue weighted by atomic mass is 31.1. The van der Waals surface area contributed by atoms with Gasteiger partial charge in [0.15, 0.2) is 0 Å². The van der Waals surface area contributed by atoms with E-state index in [1.165, 1.54) is 0 Å². The summed E-state index contributed by atoms with van der Waals surface area (Å²) in [5, 5.41) is 16.2. The smallest absolute Gasteiger partial charge is 0.319 e. The maximum absolute atomic E-state index is 11.5. The first-order valence-electron chi connectivity index (χ1n) is 6.10. The number of aliphatic carboxylic acids is 2. The van der Waals surface area contributed by atoms with Crippen molar-refractivity contribution in [3.05, 3.63) is 0 Å². The second-order valence-corrected chi connectivity index (χ2v) is 6.57. The van der Waals surface area contributed by atoms with Crippen LogP contribution in [0.15, 0.2) is 0 Å². The molecule has 0 bridgehead atoms. The van der Waals surface area contributed by atoms with Crippen LogP contribution in [0.1, 0.15) is 32.6 Å². The van der Waals surface area contributed by atoms with Crippen molar-refractivity contribution < 1.29 is 34.0 Å². The van der Waals surface area contributed by atoms with Gasteiger partial charge in [0.2, 0.25) is 8.03 Å². The highest BCUT2D eigenvalue weighted by molar-refractivity contribution is 7.41. The molecule has 1 aliphatic heterocycles. The van der Waals surface area contributed by atoms with E-state index in [9.17, 15) is 24.2 Å². The van der Waals surface area contributed by atoms with Gasteiger partial charge in [-0.15, -0.1) is 0 Å². The Hall–Kier alpha value is -0.910. The zero-order valence-electron chi connectivity index (χ0n) is 10.7. The normalized spacial score (nSPS) is 26.1. The van der Waals surface area contributed by atoms with Crippen LogP contribution in [0.2, 0.25) is 0 Å². The molecule has 0 aliphatic carbocycles. The van der Waals surface area contributed by atoms with E-state index in [0.29, 0.717) is 13.0 Å². The number of hydrogen-bond donors (Lipinski definition) is 3. The molecule has 1 aliphatic rings. The molecule has 1 heterocycles.